The van der Waals surface area contributed by atoms with Gasteiger partial charge in [0.15, 0.2) is 0 Å². The van der Waals surface area contributed by atoms with Gasteiger partial charge in [-0.15, -0.1) is 0 Å². The molecule has 0 unspecified atom stereocenters. The van der Waals surface area contributed by atoms with E-state index in [4.69, 9.17) is 11.6 Å². The molecule has 0 bridgehead atoms. The van der Waals surface area contributed by atoms with Gasteiger partial charge in [0.2, 0.25) is 0 Å². The van der Waals surface area contributed by atoms with Crippen LogP contribution >= 0.6 is 11.6 Å². The molecule has 2 aromatic rings. The van der Waals surface area contributed by atoms with Crippen LogP contribution in [0.4, 0.5) is 0 Å². The van der Waals surface area contributed by atoms with E-state index in [2.05, 4.69) is 0 Å². The second kappa shape index (κ2) is 4.01. The zero-order valence-corrected chi connectivity index (χ0v) is 8.66. The van der Waals surface area contributed by atoms with Gasteiger partial charge >= 0.3 is 0 Å². The van der Waals surface area contributed by atoms with Crippen molar-refractivity contribution in [3.8, 4) is 0 Å². The van der Waals surface area contributed by atoms with Crippen LogP contribution in [0.15, 0.2) is 36.4 Å². The molecule has 1 N–H and O–H groups in total. The van der Waals surface area contributed by atoms with Crippen LogP contribution in [0.3, 0.4) is 0 Å². The minimum Gasteiger partial charge on any atom is -0.392 e. The van der Waals surface area contributed by atoms with Crippen molar-refractivity contribution < 1.29 is 9.90 Å². The number of fused-ring (bicyclic) bond motifs is 1. The molecule has 0 heterocycles. The molecule has 3 heteroatoms. The molecule has 0 saturated heterocycles. The van der Waals surface area contributed by atoms with Gasteiger partial charge in [-0.25, -0.2) is 0 Å². The number of hydrogen-bond donors (Lipinski definition) is 1. The first-order valence-corrected chi connectivity index (χ1v) is 4.93. The molecule has 0 aromatic heterocycles. The summed E-state index contributed by atoms with van der Waals surface area (Å²) in [6.45, 7) is -0.185. The maximum Gasteiger partial charge on any atom is 0.252 e. The number of carbonyl (C=O) groups is 1. The smallest absolute Gasteiger partial charge is 0.252 e. The molecule has 0 amide bonds. The van der Waals surface area contributed by atoms with Crippen LogP contribution in [0.2, 0.25) is 0 Å². The maximum absolute atomic E-state index is 11.1. The summed E-state index contributed by atoms with van der Waals surface area (Å²) in [7, 11) is 0. The summed E-state index contributed by atoms with van der Waals surface area (Å²) in [5.41, 5.74) is 0.964. The van der Waals surface area contributed by atoms with E-state index >= 15 is 0 Å². The summed E-state index contributed by atoms with van der Waals surface area (Å²) >= 11 is 5.44. The van der Waals surface area contributed by atoms with E-state index in [0.717, 1.165) is 10.8 Å². The van der Waals surface area contributed by atoms with Crippen molar-refractivity contribution in [2.24, 2.45) is 0 Å². The Balaban J connectivity index is 2.81. The van der Waals surface area contributed by atoms with Crippen LogP contribution in [0.5, 0.6) is 0 Å². The molecule has 2 rings (SSSR count). The van der Waals surface area contributed by atoms with E-state index in [0.29, 0.717) is 11.1 Å². The molecule has 0 aliphatic heterocycles. The maximum atomic E-state index is 11.1. The monoisotopic (exact) mass is 220 g/mol. The molecule has 0 fully saturated rings. The number of rotatable bonds is 2. The van der Waals surface area contributed by atoms with Gasteiger partial charge in [-0.3, -0.25) is 4.79 Å². The van der Waals surface area contributed by atoms with Gasteiger partial charge in [-0.05, 0) is 34.0 Å². The summed E-state index contributed by atoms with van der Waals surface area (Å²) in [4.78, 5) is 11.1. The normalized spacial score (nSPS) is 10.5. The van der Waals surface area contributed by atoms with Crippen LogP contribution in [0.25, 0.3) is 10.8 Å². The van der Waals surface area contributed by atoms with Gasteiger partial charge in [0.25, 0.3) is 5.24 Å². The summed E-state index contributed by atoms with van der Waals surface area (Å²) in [6.07, 6.45) is 0. The fraction of sp³-hybridized carbons (Fsp3) is 0.0833. The molecule has 0 aliphatic carbocycles. The van der Waals surface area contributed by atoms with Crippen molar-refractivity contribution in [1.82, 2.24) is 0 Å². The lowest BCUT2D eigenvalue weighted by atomic mass is 10.0. The number of benzene rings is 2. The SMILES string of the molecule is O=C(Cl)c1ccc2ccccc2c1CO. The highest BCUT2D eigenvalue weighted by atomic mass is 35.5. The van der Waals surface area contributed by atoms with Gasteiger partial charge in [-0.2, -0.15) is 0 Å². The van der Waals surface area contributed by atoms with Gasteiger partial charge in [-0.1, -0.05) is 30.3 Å². The Morgan fingerprint density at radius 1 is 1.20 bits per heavy atom. The van der Waals surface area contributed by atoms with Gasteiger partial charge in [0.05, 0.1) is 6.61 Å². The lowest BCUT2D eigenvalue weighted by Gasteiger charge is -2.07. The number of halogens is 1. The van der Waals surface area contributed by atoms with Gasteiger partial charge < -0.3 is 5.11 Å². The van der Waals surface area contributed by atoms with E-state index in [9.17, 15) is 9.90 Å². The molecule has 2 nitrogen and oxygen atoms in total. The molecule has 2 aromatic carbocycles. The predicted molar refractivity (Wildman–Crippen MR) is 60.1 cm³/mol. The number of aliphatic hydroxyl groups is 1. The lowest BCUT2D eigenvalue weighted by molar-refractivity contribution is 0.107. The van der Waals surface area contributed by atoms with E-state index in [1.54, 1.807) is 6.07 Å². The van der Waals surface area contributed by atoms with Crippen molar-refractivity contribution in [3.05, 3.63) is 47.5 Å². The molecule has 15 heavy (non-hydrogen) atoms. The third-order valence-electron chi connectivity index (χ3n) is 2.41. The summed E-state index contributed by atoms with van der Waals surface area (Å²) < 4.78 is 0. The summed E-state index contributed by atoms with van der Waals surface area (Å²) in [6, 6.07) is 11.0. The third-order valence-corrected chi connectivity index (χ3v) is 2.61. The van der Waals surface area contributed by atoms with Crippen LogP contribution in [-0.4, -0.2) is 10.3 Å². The first-order valence-electron chi connectivity index (χ1n) is 4.55. The first kappa shape index (κ1) is 10.1. The van der Waals surface area contributed by atoms with Crippen LogP contribution in [0, 0.1) is 0 Å². The summed E-state index contributed by atoms with van der Waals surface area (Å²) in [5, 5.41) is 10.6. The Bertz CT molecular complexity index is 520. The Morgan fingerprint density at radius 3 is 2.60 bits per heavy atom. The van der Waals surface area contributed by atoms with Crippen LogP contribution < -0.4 is 0 Å². The van der Waals surface area contributed by atoms with Gasteiger partial charge in [0.1, 0.15) is 0 Å². The minimum atomic E-state index is -0.537. The molecule has 0 aliphatic rings. The highest BCUT2D eigenvalue weighted by Gasteiger charge is 2.10. The number of carbonyl (C=O) groups excluding carboxylic acids is 1. The summed E-state index contributed by atoms with van der Waals surface area (Å²) in [5.74, 6) is 0. The molecular formula is C12H9ClO2. The molecule has 0 atom stereocenters. The number of aliphatic hydroxyl groups excluding tert-OH is 1. The van der Waals surface area contributed by atoms with Crippen molar-refractivity contribution in [2.45, 2.75) is 6.61 Å². The Labute approximate surface area is 92.1 Å². The third kappa shape index (κ3) is 1.74. The van der Waals surface area contributed by atoms with Crippen LogP contribution in [-0.2, 0) is 6.61 Å². The van der Waals surface area contributed by atoms with E-state index in [1.165, 1.54) is 0 Å². The quantitative estimate of drug-likeness (QED) is 0.791. The van der Waals surface area contributed by atoms with Crippen molar-refractivity contribution in [1.29, 1.82) is 0 Å². The zero-order chi connectivity index (χ0) is 10.8. The topological polar surface area (TPSA) is 37.3 Å². The van der Waals surface area contributed by atoms with Gasteiger partial charge in [0, 0.05) is 5.56 Å². The highest BCUT2D eigenvalue weighted by Crippen LogP contribution is 2.23. The molecule has 76 valence electrons. The zero-order valence-electron chi connectivity index (χ0n) is 7.90. The Morgan fingerprint density at radius 2 is 1.93 bits per heavy atom. The Hall–Kier alpha value is -1.38. The number of hydrogen-bond acceptors (Lipinski definition) is 2. The van der Waals surface area contributed by atoms with E-state index in [1.807, 2.05) is 30.3 Å². The molecule has 0 radical (unpaired) electrons. The Kier molecular flexibility index (Phi) is 2.71. The van der Waals surface area contributed by atoms with Crippen molar-refractivity contribution >= 4 is 27.6 Å². The second-order valence-electron chi connectivity index (χ2n) is 3.24. The molecule has 0 spiro atoms. The highest BCUT2D eigenvalue weighted by molar-refractivity contribution is 6.68. The van der Waals surface area contributed by atoms with E-state index < -0.39 is 5.24 Å². The molecular weight excluding hydrogens is 212 g/mol. The second-order valence-corrected chi connectivity index (χ2v) is 3.59. The lowest BCUT2D eigenvalue weighted by Crippen LogP contribution is -1.98. The fourth-order valence-electron chi connectivity index (χ4n) is 1.69. The average Bonchev–Trinajstić information content (AvgIpc) is 2.27. The van der Waals surface area contributed by atoms with Crippen molar-refractivity contribution in [3.63, 3.8) is 0 Å². The average molecular weight is 221 g/mol. The standard InChI is InChI=1S/C12H9ClO2/c13-12(15)10-6-5-8-3-1-2-4-9(8)11(10)7-14/h1-6,14H,7H2. The first-order chi connectivity index (χ1) is 7.24. The van der Waals surface area contributed by atoms with Crippen LogP contribution in [0.1, 0.15) is 15.9 Å². The minimum absolute atomic E-state index is 0.185. The fourth-order valence-corrected chi connectivity index (χ4v) is 1.87. The largest absolute Gasteiger partial charge is 0.392 e. The van der Waals surface area contributed by atoms with Crippen molar-refractivity contribution in [2.75, 3.05) is 0 Å². The molecule has 0 saturated carbocycles. The van der Waals surface area contributed by atoms with E-state index in [-0.39, 0.29) is 6.61 Å². The predicted octanol–water partition coefficient (Wildman–Crippen LogP) is 2.71.